The fourth-order valence-corrected chi connectivity index (χ4v) is 2.28. The third-order valence-electron chi connectivity index (χ3n) is 3.16. The third kappa shape index (κ3) is 2.64. The molecular formula is C14H19NO3. The van der Waals surface area contributed by atoms with Gasteiger partial charge < -0.3 is 14.7 Å². The highest BCUT2D eigenvalue weighted by molar-refractivity contribution is 5.78. The first-order valence-corrected chi connectivity index (χ1v) is 6.14. The highest BCUT2D eigenvalue weighted by Crippen LogP contribution is 2.24. The van der Waals surface area contributed by atoms with Crippen molar-refractivity contribution in [3.05, 3.63) is 28.8 Å². The van der Waals surface area contributed by atoms with Crippen LogP contribution in [0.4, 0.5) is 0 Å². The number of nitrogens with zero attached hydrogens (tertiary/aromatic N) is 1. The van der Waals surface area contributed by atoms with Crippen molar-refractivity contribution in [1.29, 1.82) is 0 Å². The Labute approximate surface area is 107 Å². The summed E-state index contributed by atoms with van der Waals surface area (Å²) in [5.41, 5.74) is 3.28. The Kier molecular flexibility index (Phi) is 3.57. The number of aryl methyl sites for hydroxylation is 3. The molecule has 1 amide bonds. The monoisotopic (exact) mass is 249 g/mol. The van der Waals surface area contributed by atoms with Crippen molar-refractivity contribution in [2.45, 2.75) is 26.9 Å². The lowest BCUT2D eigenvalue weighted by atomic mass is 10.1. The molecule has 0 aromatic heterocycles. The molecule has 0 spiro atoms. The van der Waals surface area contributed by atoms with Gasteiger partial charge in [0.1, 0.15) is 5.75 Å². The van der Waals surface area contributed by atoms with Crippen LogP contribution in [-0.4, -0.2) is 41.7 Å². The SMILES string of the molecule is Cc1cc(C)c(OCC(=O)N2CC(O)C2)c(C)c1. The number of likely N-dealkylation sites (tertiary alicyclic amines) is 1. The molecule has 0 unspecified atom stereocenters. The maximum atomic E-state index is 11.7. The van der Waals surface area contributed by atoms with Gasteiger partial charge >= 0.3 is 0 Å². The lowest BCUT2D eigenvalue weighted by Crippen LogP contribution is -2.54. The summed E-state index contributed by atoms with van der Waals surface area (Å²) in [6.45, 7) is 6.89. The fourth-order valence-electron chi connectivity index (χ4n) is 2.28. The number of carbonyl (C=O) groups excluding carboxylic acids is 1. The fraction of sp³-hybridized carbons (Fsp3) is 0.500. The van der Waals surface area contributed by atoms with Crippen molar-refractivity contribution < 1.29 is 14.6 Å². The molecule has 2 rings (SSSR count). The van der Waals surface area contributed by atoms with Gasteiger partial charge in [-0.3, -0.25) is 4.79 Å². The summed E-state index contributed by atoms with van der Waals surface area (Å²) in [4.78, 5) is 13.3. The molecule has 0 atom stereocenters. The molecular weight excluding hydrogens is 230 g/mol. The standard InChI is InChI=1S/C14H19NO3/c1-9-4-10(2)14(11(3)5-9)18-8-13(17)15-6-12(16)7-15/h4-5,12,16H,6-8H2,1-3H3. The van der Waals surface area contributed by atoms with Crippen LogP contribution in [0.1, 0.15) is 16.7 Å². The van der Waals surface area contributed by atoms with Crippen molar-refractivity contribution >= 4 is 5.91 Å². The largest absolute Gasteiger partial charge is 0.483 e. The average molecular weight is 249 g/mol. The Morgan fingerprint density at radius 3 is 2.39 bits per heavy atom. The minimum atomic E-state index is -0.364. The molecule has 1 heterocycles. The zero-order chi connectivity index (χ0) is 13.3. The van der Waals surface area contributed by atoms with Gasteiger partial charge in [-0.05, 0) is 31.9 Å². The molecule has 18 heavy (non-hydrogen) atoms. The van der Waals surface area contributed by atoms with Crippen LogP contribution in [0.5, 0.6) is 5.75 Å². The topological polar surface area (TPSA) is 49.8 Å². The van der Waals surface area contributed by atoms with Crippen LogP contribution in [0.15, 0.2) is 12.1 Å². The van der Waals surface area contributed by atoms with E-state index in [0.717, 1.165) is 16.9 Å². The van der Waals surface area contributed by atoms with Crippen LogP contribution in [-0.2, 0) is 4.79 Å². The number of aliphatic hydroxyl groups is 1. The van der Waals surface area contributed by atoms with Gasteiger partial charge in [0.05, 0.1) is 6.10 Å². The summed E-state index contributed by atoms with van der Waals surface area (Å²) in [5.74, 6) is 0.717. The number of ether oxygens (including phenoxy) is 1. The van der Waals surface area contributed by atoms with Crippen molar-refractivity contribution in [3.63, 3.8) is 0 Å². The second-order valence-corrected chi connectivity index (χ2v) is 4.97. The van der Waals surface area contributed by atoms with Crippen molar-refractivity contribution in [2.75, 3.05) is 19.7 Å². The zero-order valence-electron chi connectivity index (χ0n) is 11.1. The number of hydrogen-bond acceptors (Lipinski definition) is 3. The van der Waals surface area contributed by atoms with E-state index in [4.69, 9.17) is 9.84 Å². The summed E-state index contributed by atoms with van der Waals surface area (Å²) in [6, 6.07) is 4.08. The second-order valence-electron chi connectivity index (χ2n) is 4.97. The van der Waals surface area contributed by atoms with Crippen LogP contribution >= 0.6 is 0 Å². The minimum absolute atomic E-state index is 0.0391. The molecule has 0 bridgehead atoms. The molecule has 0 radical (unpaired) electrons. The quantitative estimate of drug-likeness (QED) is 0.875. The maximum Gasteiger partial charge on any atom is 0.260 e. The van der Waals surface area contributed by atoms with E-state index in [-0.39, 0.29) is 18.6 Å². The van der Waals surface area contributed by atoms with Gasteiger partial charge in [0.25, 0.3) is 5.91 Å². The van der Waals surface area contributed by atoms with Crippen LogP contribution in [0.25, 0.3) is 0 Å². The predicted molar refractivity (Wildman–Crippen MR) is 68.7 cm³/mol. The highest BCUT2D eigenvalue weighted by atomic mass is 16.5. The van der Waals surface area contributed by atoms with Gasteiger partial charge in [0.15, 0.2) is 6.61 Å². The van der Waals surface area contributed by atoms with Gasteiger partial charge in [0.2, 0.25) is 0 Å². The van der Waals surface area contributed by atoms with Gasteiger partial charge in [-0.15, -0.1) is 0 Å². The van der Waals surface area contributed by atoms with Gasteiger partial charge in [-0.25, -0.2) is 0 Å². The number of β-amino-alcohol motifs (C(OH)–C–C–N with tert-alkyl or cyclic N) is 1. The van der Waals surface area contributed by atoms with Crippen molar-refractivity contribution in [1.82, 2.24) is 4.90 Å². The molecule has 1 aliphatic heterocycles. The van der Waals surface area contributed by atoms with E-state index in [0.29, 0.717) is 13.1 Å². The average Bonchev–Trinajstić information content (AvgIpc) is 2.23. The normalized spacial score (nSPS) is 15.4. The molecule has 1 aromatic carbocycles. The van der Waals surface area contributed by atoms with Crippen LogP contribution in [0.3, 0.4) is 0 Å². The summed E-state index contributed by atoms with van der Waals surface area (Å²) in [7, 11) is 0. The van der Waals surface area contributed by atoms with E-state index < -0.39 is 0 Å². The van der Waals surface area contributed by atoms with E-state index in [9.17, 15) is 4.79 Å². The van der Waals surface area contributed by atoms with Crippen molar-refractivity contribution in [2.24, 2.45) is 0 Å². The summed E-state index contributed by atoms with van der Waals surface area (Å²) in [6.07, 6.45) is -0.364. The van der Waals surface area contributed by atoms with E-state index in [2.05, 4.69) is 0 Å². The first kappa shape index (κ1) is 12.9. The number of benzene rings is 1. The van der Waals surface area contributed by atoms with Crippen molar-refractivity contribution in [3.8, 4) is 5.75 Å². The summed E-state index contributed by atoms with van der Waals surface area (Å²) < 4.78 is 5.60. The van der Waals surface area contributed by atoms with E-state index >= 15 is 0 Å². The Balaban J connectivity index is 1.96. The summed E-state index contributed by atoms with van der Waals surface area (Å²) >= 11 is 0. The molecule has 1 aliphatic rings. The lowest BCUT2D eigenvalue weighted by Gasteiger charge is -2.35. The zero-order valence-corrected chi connectivity index (χ0v) is 11.1. The third-order valence-corrected chi connectivity index (χ3v) is 3.16. The Morgan fingerprint density at radius 1 is 1.33 bits per heavy atom. The molecule has 4 heteroatoms. The highest BCUT2D eigenvalue weighted by Gasteiger charge is 2.28. The van der Waals surface area contributed by atoms with Crippen LogP contribution < -0.4 is 4.74 Å². The van der Waals surface area contributed by atoms with Crippen LogP contribution in [0.2, 0.25) is 0 Å². The number of hydrogen-bond donors (Lipinski definition) is 1. The van der Waals surface area contributed by atoms with E-state index in [1.165, 1.54) is 5.56 Å². The lowest BCUT2D eigenvalue weighted by molar-refractivity contribution is -0.143. The van der Waals surface area contributed by atoms with Crippen LogP contribution in [0, 0.1) is 20.8 Å². The Hall–Kier alpha value is -1.55. The number of rotatable bonds is 3. The molecule has 1 aromatic rings. The summed E-state index contributed by atoms with van der Waals surface area (Å²) in [5, 5.41) is 9.14. The molecule has 1 saturated heterocycles. The molecule has 0 saturated carbocycles. The Bertz CT molecular complexity index is 441. The van der Waals surface area contributed by atoms with Gasteiger partial charge in [-0.2, -0.15) is 0 Å². The number of aliphatic hydroxyl groups excluding tert-OH is 1. The van der Waals surface area contributed by atoms with E-state index in [1.54, 1.807) is 4.90 Å². The Morgan fingerprint density at radius 2 is 1.89 bits per heavy atom. The molecule has 4 nitrogen and oxygen atoms in total. The first-order valence-electron chi connectivity index (χ1n) is 6.14. The molecule has 1 fully saturated rings. The number of amides is 1. The predicted octanol–water partition coefficient (Wildman–Crippen LogP) is 1.19. The first-order chi connectivity index (χ1) is 8.47. The smallest absolute Gasteiger partial charge is 0.260 e. The molecule has 1 N–H and O–H groups in total. The van der Waals surface area contributed by atoms with Gasteiger partial charge in [0, 0.05) is 13.1 Å². The second kappa shape index (κ2) is 4.98. The maximum absolute atomic E-state index is 11.7. The van der Waals surface area contributed by atoms with Gasteiger partial charge in [-0.1, -0.05) is 17.7 Å². The number of carbonyl (C=O) groups is 1. The molecule has 98 valence electrons. The minimum Gasteiger partial charge on any atom is -0.483 e. The van der Waals surface area contributed by atoms with E-state index in [1.807, 2.05) is 32.9 Å². The molecule has 0 aliphatic carbocycles.